The first-order chi connectivity index (χ1) is 9.61. The number of rotatable bonds is 5. The van der Waals surface area contributed by atoms with Gasteiger partial charge in [0.25, 0.3) is 5.91 Å². The normalized spacial score (nSPS) is 12.1. The monoisotopic (exact) mass is 275 g/mol. The molecule has 0 bridgehead atoms. The third kappa shape index (κ3) is 3.11. The number of pyridine rings is 1. The van der Waals surface area contributed by atoms with E-state index in [0.29, 0.717) is 11.4 Å². The fraction of sp³-hybridized carbons (Fsp3) is 0.385. The number of nitrogens with one attached hydrogen (secondary N) is 1. The van der Waals surface area contributed by atoms with Gasteiger partial charge in [-0.3, -0.25) is 9.78 Å². The van der Waals surface area contributed by atoms with Gasteiger partial charge in [0, 0.05) is 12.7 Å². The highest BCUT2D eigenvalue weighted by molar-refractivity contribution is 5.94. The molecule has 0 aliphatic heterocycles. The van der Waals surface area contributed by atoms with Crippen molar-refractivity contribution in [2.75, 3.05) is 0 Å². The Labute approximate surface area is 116 Å². The number of hydrogen-bond acceptors (Lipinski definition) is 5. The van der Waals surface area contributed by atoms with Crippen molar-refractivity contribution in [3.8, 4) is 5.75 Å². The Morgan fingerprint density at radius 2 is 2.30 bits per heavy atom. The first-order valence-corrected chi connectivity index (χ1v) is 6.44. The quantitative estimate of drug-likeness (QED) is 0.857. The van der Waals surface area contributed by atoms with Crippen LogP contribution in [-0.2, 0) is 6.54 Å². The number of aryl methyl sites for hydroxylation is 1. The maximum absolute atomic E-state index is 12.1. The Balaban J connectivity index is 2.09. The first-order valence-electron chi connectivity index (χ1n) is 6.44. The van der Waals surface area contributed by atoms with Crippen LogP contribution < -0.4 is 5.32 Å². The molecule has 1 amide bonds. The number of carbonyl (C=O) groups excluding carboxylic acids is 1. The summed E-state index contributed by atoms with van der Waals surface area (Å²) in [7, 11) is 0. The SMILES string of the molecule is CCCn1cnnc1[C@@H](C)NC(=O)c1cncc(O)c1. The molecule has 2 heterocycles. The molecule has 7 heteroatoms. The number of aromatic hydroxyl groups is 1. The number of aromatic nitrogens is 4. The van der Waals surface area contributed by atoms with E-state index < -0.39 is 0 Å². The smallest absolute Gasteiger partial charge is 0.253 e. The van der Waals surface area contributed by atoms with Crippen LogP contribution >= 0.6 is 0 Å². The molecule has 0 saturated heterocycles. The van der Waals surface area contributed by atoms with E-state index in [1.165, 1.54) is 18.5 Å². The lowest BCUT2D eigenvalue weighted by Crippen LogP contribution is -2.28. The van der Waals surface area contributed by atoms with Crippen LogP contribution in [0.1, 0.15) is 42.5 Å². The minimum Gasteiger partial charge on any atom is -0.506 e. The summed E-state index contributed by atoms with van der Waals surface area (Å²) in [5, 5.41) is 20.0. The summed E-state index contributed by atoms with van der Waals surface area (Å²) in [5.41, 5.74) is 0.304. The molecule has 0 aliphatic carbocycles. The lowest BCUT2D eigenvalue weighted by molar-refractivity contribution is 0.0936. The Bertz CT molecular complexity index is 596. The molecular weight excluding hydrogens is 258 g/mol. The molecule has 0 aliphatic rings. The largest absolute Gasteiger partial charge is 0.506 e. The summed E-state index contributed by atoms with van der Waals surface area (Å²) >= 11 is 0. The van der Waals surface area contributed by atoms with Gasteiger partial charge in [0.15, 0.2) is 5.82 Å². The van der Waals surface area contributed by atoms with Crippen molar-refractivity contribution in [3.05, 3.63) is 36.2 Å². The van der Waals surface area contributed by atoms with Crippen LogP contribution in [0.15, 0.2) is 24.8 Å². The minimum atomic E-state index is -0.313. The van der Waals surface area contributed by atoms with Crippen molar-refractivity contribution >= 4 is 5.91 Å². The standard InChI is InChI=1S/C13H17N5O2/c1-3-4-18-8-15-17-12(18)9(2)16-13(20)10-5-11(19)7-14-6-10/h5-9,19H,3-4H2,1-2H3,(H,16,20)/t9-/m1/s1. The lowest BCUT2D eigenvalue weighted by atomic mass is 10.2. The predicted molar refractivity (Wildman–Crippen MR) is 72.1 cm³/mol. The van der Waals surface area contributed by atoms with Crippen molar-refractivity contribution in [2.24, 2.45) is 0 Å². The zero-order valence-electron chi connectivity index (χ0n) is 11.4. The minimum absolute atomic E-state index is 0.0422. The van der Waals surface area contributed by atoms with Crippen LogP contribution in [0.4, 0.5) is 0 Å². The van der Waals surface area contributed by atoms with Crippen LogP contribution in [-0.4, -0.2) is 30.8 Å². The third-order valence-corrected chi connectivity index (χ3v) is 2.83. The molecule has 2 rings (SSSR count). The molecule has 106 valence electrons. The second kappa shape index (κ2) is 6.14. The third-order valence-electron chi connectivity index (χ3n) is 2.83. The van der Waals surface area contributed by atoms with Crippen molar-refractivity contribution < 1.29 is 9.90 Å². The molecule has 7 nitrogen and oxygen atoms in total. The maximum Gasteiger partial charge on any atom is 0.253 e. The molecular formula is C13H17N5O2. The summed E-state index contributed by atoms with van der Waals surface area (Å²) in [4.78, 5) is 15.8. The zero-order valence-corrected chi connectivity index (χ0v) is 11.4. The molecule has 20 heavy (non-hydrogen) atoms. The molecule has 0 unspecified atom stereocenters. The molecule has 0 fully saturated rings. The predicted octanol–water partition coefficient (Wildman–Crippen LogP) is 1.28. The van der Waals surface area contributed by atoms with Gasteiger partial charge in [0.2, 0.25) is 0 Å². The fourth-order valence-corrected chi connectivity index (χ4v) is 1.91. The molecule has 0 aromatic carbocycles. The van der Waals surface area contributed by atoms with E-state index in [2.05, 4.69) is 27.4 Å². The Hall–Kier alpha value is -2.44. The van der Waals surface area contributed by atoms with Gasteiger partial charge in [0.1, 0.15) is 12.1 Å². The van der Waals surface area contributed by atoms with E-state index in [1.807, 2.05) is 11.5 Å². The second-order valence-electron chi connectivity index (χ2n) is 4.51. The van der Waals surface area contributed by atoms with Crippen LogP contribution in [0.3, 0.4) is 0 Å². The van der Waals surface area contributed by atoms with Crippen molar-refractivity contribution in [2.45, 2.75) is 32.9 Å². The van der Waals surface area contributed by atoms with Crippen LogP contribution in [0.2, 0.25) is 0 Å². The molecule has 0 spiro atoms. The second-order valence-corrected chi connectivity index (χ2v) is 4.51. The molecule has 0 radical (unpaired) electrons. The number of nitrogens with zero attached hydrogens (tertiary/aromatic N) is 4. The molecule has 1 atom stereocenters. The average molecular weight is 275 g/mol. The number of amides is 1. The summed E-state index contributed by atoms with van der Waals surface area (Å²) in [6.45, 7) is 4.70. The summed E-state index contributed by atoms with van der Waals surface area (Å²) < 4.78 is 1.91. The average Bonchev–Trinajstić information content (AvgIpc) is 2.87. The number of carbonyl (C=O) groups is 1. The van der Waals surface area contributed by atoms with Gasteiger partial charge >= 0.3 is 0 Å². The van der Waals surface area contributed by atoms with E-state index in [9.17, 15) is 9.90 Å². The van der Waals surface area contributed by atoms with E-state index >= 15 is 0 Å². The first kappa shape index (κ1) is 14.0. The van der Waals surface area contributed by atoms with Gasteiger partial charge in [-0.05, 0) is 19.4 Å². The highest BCUT2D eigenvalue weighted by Crippen LogP contribution is 2.13. The summed E-state index contributed by atoms with van der Waals surface area (Å²) in [6, 6.07) is 1.09. The van der Waals surface area contributed by atoms with Gasteiger partial charge < -0.3 is 15.0 Å². The van der Waals surface area contributed by atoms with Crippen molar-refractivity contribution in [1.82, 2.24) is 25.1 Å². The Morgan fingerprint density at radius 3 is 3.00 bits per heavy atom. The maximum atomic E-state index is 12.1. The van der Waals surface area contributed by atoms with E-state index in [0.717, 1.165) is 13.0 Å². The van der Waals surface area contributed by atoms with Gasteiger partial charge in [-0.25, -0.2) is 0 Å². The van der Waals surface area contributed by atoms with E-state index in [4.69, 9.17) is 0 Å². The molecule has 0 saturated carbocycles. The molecule has 2 aromatic heterocycles. The molecule has 2 N–H and O–H groups in total. The summed E-state index contributed by atoms with van der Waals surface area (Å²) in [6.07, 6.45) is 5.29. The van der Waals surface area contributed by atoms with E-state index in [-0.39, 0.29) is 17.7 Å². The van der Waals surface area contributed by atoms with Crippen molar-refractivity contribution in [3.63, 3.8) is 0 Å². The zero-order chi connectivity index (χ0) is 14.5. The van der Waals surface area contributed by atoms with Crippen LogP contribution in [0, 0.1) is 0 Å². The van der Waals surface area contributed by atoms with E-state index in [1.54, 1.807) is 6.33 Å². The van der Waals surface area contributed by atoms with Gasteiger partial charge in [0.05, 0.1) is 17.8 Å². The molecule has 2 aromatic rings. The summed E-state index contributed by atoms with van der Waals surface area (Å²) in [5.74, 6) is 0.347. The lowest BCUT2D eigenvalue weighted by Gasteiger charge is -2.14. The Morgan fingerprint density at radius 1 is 1.50 bits per heavy atom. The topological polar surface area (TPSA) is 92.9 Å². The van der Waals surface area contributed by atoms with Gasteiger partial charge in [-0.2, -0.15) is 0 Å². The fourth-order valence-electron chi connectivity index (χ4n) is 1.91. The van der Waals surface area contributed by atoms with Crippen LogP contribution in [0.5, 0.6) is 5.75 Å². The van der Waals surface area contributed by atoms with Gasteiger partial charge in [-0.1, -0.05) is 6.92 Å². The van der Waals surface area contributed by atoms with Crippen molar-refractivity contribution in [1.29, 1.82) is 0 Å². The van der Waals surface area contributed by atoms with Gasteiger partial charge in [-0.15, -0.1) is 10.2 Å². The highest BCUT2D eigenvalue weighted by atomic mass is 16.3. The Kier molecular flexibility index (Phi) is 4.29. The highest BCUT2D eigenvalue weighted by Gasteiger charge is 2.16. The van der Waals surface area contributed by atoms with Crippen LogP contribution in [0.25, 0.3) is 0 Å². The number of hydrogen-bond donors (Lipinski definition) is 2.